The van der Waals surface area contributed by atoms with E-state index < -0.39 is 0 Å². The van der Waals surface area contributed by atoms with Gasteiger partial charge in [0.1, 0.15) is 0 Å². The third-order valence-electron chi connectivity index (χ3n) is 4.11. The molecule has 3 unspecified atom stereocenters. The first-order valence-corrected chi connectivity index (χ1v) is 6.55. The minimum Gasteiger partial charge on any atom is -0.316 e. The number of hydrogen-bond donors (Lipinski definition) is 1. The highest BCUT2D eigenvalue weighted by molar-refractivity contribution is 4.76. The smallest absolute Gasteiger partial charge is 0.00204 e. The molecule has 1 nitrogen and oxygen atoms in total. The lowest BCUT2D eigenvalue weighted by Crippen LogP contribution is -2.31. The second kappa shape index (κ2) is 5.16. The molecule has 1 N–H and O–H groups in total. The van der Waals surface area contributed by atoms with Crippen molar-refractivity contribution < 1.29 is 0 Å². The Kier molecular flexibility index (Phi) is 3.86. The lowest BCUT2D eigenvalue weighted by molar-refractivity contribution is 0.219. The molecular weight excluding hydrogens is 170 g/mol. The maximum absolute atomic E-state index is 3.54. The Morgan fingerprint density at radius 2 is 1.93 bits per heavy atom. The normalized spacial score (nSPS) is 39.6. The quantitative estimate of drug-likeness (QED) is 0.713. The Balaban J connectivity index is 1.72. The van der Waals surface area contributed by atoms with Crippen molar-refractivity contribution in [3.05, 3.63) is 0 Å². The van der Waals surface area contributed by atoms with E-state index in [0.29, 0.717) is 0 Å². The molecule has 0 aromatic rings. The Labute approximate surface area is 88.7 Å². The van der Waals surface area contributed by atoms with Crippen LogP contribution in [-0.4, -0.2) is 13.1 Å². The molecule has 1 aliphatic carbocycles. The van der Waals surface area contributed by atoms with Crippen LogP contribution in [0.5, 0.6) is 0 Å². The Hall–Kier alpha value is -0.0400. The summed E-state index contributed by atoms with van der Waals surface area (Å²) >= 11 is 0. The van der Waals surface area contributed by atoms with Crippen LogP contribution in [0.15, 0.2) is 0 Å². The van der Waals surface area contributed by atoms with E-state index >= 15 is 0 Å². The molecule has 2 aliphatic rings. The molecule has 0 aromatic carbocycles. The van der Waals surface area contributed by atoms with Crippen LogP contribution in [-0.2, 0) is 0 Å². The number of piperidine rings is 1. The van der Waals surface area contributed by atoms with Gasteiger partial charge in [-0.25, -0.2) is 0 Å². The third-order valence-corrected chi connectivity index (χ3v) is 4.11. The van der Waals surface area contributed by atoms with Crippen LogP contribution in [0.25, 0.3) is 0 Å². The number of hydrogen-bond acceptors (Lipinski definition) is 1. The van der Waals surface area contributed by atoms with Gasteiger partial charge in [0, 0.05) is 0 Å². The van der Waals surface area contributed by atoms with Gasteiger partial charge in [-0.15, -0.1) is 0 Å². The van der Waals surface area contributed by atoms with Gasteiger partial charge in [-0.2, -0.15) is 0 Å². The summed E-state index contributed by atoms with van der Waals surface area (Å²) in [5, 5.41) is 3.54. The van der Waals surface area contributed by atoms with E-state index in [0.717, 1.165) is 17.8 Å². The average Bonchev–Trinajstić information content (AvgIpc) is 2.19. The Morgan fingerprint density at radius 3 is 2.64 bits per heavy atom. The van der Waals surface area contributed by atoms with Gasteiger partial charge in [0.05, 0.1) is 0 Å². The maximum Gasteiger partial charge on any atom is -0.00204 e. The molecule has 1 saturated heterocycles. The highest BCUT2D eigenvalue weighted by atomic mass is 14.9. The predicted molar refractivity (Wildman–Crippen MR) is 61.3 cm³/mol. The summed E-state index contributed by atoms with van der Waals surface area (Å²) in [6, 6.07) is 0. The van der Waals surface area contributed by atoms with Gasteiger partial charge in [-0.1, -0.05) is 26.2 Å². The fourth-order valence-corrected chi connectivity index (χ4v) is 3.37. The van der Waals surface area contributed by atoms with Gasteiger partial charge < -0.3 is 5.32 Å². The fraction of sp³-hybridized carbons (Fsp3) is 1.00. The molecule has 0 radical (unpaired) electrons. The minimum absolute atomic E-state index is 0.999. The molecular formula is C13H25N. The molecule has 0 amide bonds. The highest BCUT2D eigenvalue weighted by Gasteiger charge is 2.23. The van der Waals surface area contributed by atoms with Crippen molar-refractivity contribution in [3.8, 4) is 0 Å². The van der Waals surface area contributed by atoms with Gasteiger partial charge in [0.15, 0.2) is 0 Å². The molecule has 1 heterocycles. The van der Waals surface area contributed by atoms with Crippen molar-refractivity contribution >= 4 is 0 Å². The van der Waals surface area contributed by atoms with E-state index in [1.54, 1.807) is 0 Å². The first-order chi connectivity index (χ1) is 6.84. The number of rotatable bonds is 2. The summed E-state index contributed by atoms with van der Waals surface area (Å²) in [5.41, 5.74) is 0. The van der Waals surface area contributed by atoms with E-state index in [-0.39, 0.29) is 0 Å². The lowest BCUT2D eigenvalue weighted by Gasteiger charge is -2.31. The molecule has 0 spiro atoms. The molecule has 2 fully saturated rings. The van der Waals surface area contributed by atoms with Crippen LogP contribution in [0.1, 0.15) is 51.9 Å². The molecule has 1 heteroatoms. The van der Waals surface area contributed by atoms with E-state index in [2.05, 4.69) is 12.2 Å². The van der Waals surface area contributed by atoms with Crippen molar-refractivity contribution in [2.75, 3.05) is 13.1 Å². The predicted octanol–water partition coefficient (Wildman–Crippen LogP) is 3.20. The second-order valence-electron chi connectivity index (χ2n) is 5.59. The van der Waals surface area contributed by atoms with Crippen molar-refractivity contribution in [1.29, 1.82) is 0 Å². The Morgan fingerprint density at radius 1 is 1.07 bits per heavy atom. The van der Waals surface area contributed by atoms with E-state index in [1.807, 2.05) is 0 Å². The van der Waals surface area contributed by atoms with E-state index in [9.17, 15) is 0 Å². The monoisotopic (exact) mass is 195 g/mol. The summed E-state index contributed by atoms with van der Waals surface area (Å²) in [6.45, 7) is 4.99. The average molecular weight is 195 g/mol. The van der Waals surface area contributed by atoms with Crippen molar-refractivity contribution in [2.24, 2.45) is 17.8 Å². The van der Waals surface area contributed by atoms with Crippen LogP contribution in [0.4, 0.5) is 0 Å². The second-order valence-corrected chi connectivity index (χ2v) is 5.59. The minimum atomic E-state index is 0.999. The molecule has 1 aliphatic heterocycles. The van der Waals surface area contributed by atoms with Crippen molar-refractivity contribution in [1.82, 2.24) is 5.32 Å². The van der Waals surface area contributed by atoms with Gasteiger partial charge in [-0.3, -0.25) is 0 Å². The summed E-state index contributed by atoms with van der Waals surface area (Å²) in [6.07, 6.45) is 10.4. The van der Waals surface area contributed by atoms with Gasteiger partial charge >= 0.3 is 0 Å². The van der Waals surface area contributed by atoms with Crippen molar-refractivity contribution in [3.63, 3.8) is 0 Å². The van der Waals surface area contributed by atoms with Crippen LogP contribution in [0.3, 0.4) is 0 Å². The maximum atomic E-state index is 3.54. The highest BCUT2D eigenvalue weighted by Crippen LogP contribution is 2.33. The van der Waals surface area contributed by atoms with E-state index in [4.69, 9.17) is 0 Å². The summed E-state index contributed by atoms with van der Waals surface area (Å²) in [5.74, 6) is 3.06. The Bertz CT molecular complexity index is 161. The lowest BCUT2D eigenvalue weighted by atomic mass is 9.77. The summed E-state index contributed by atoms with van der Waals surface area (Å²) in [4.78, 5) is 0. The molecule has 2 rings (SSSR count). The SMILES string of the molecule is CC1CCCC(CC2CCCNC2)C1. The van der Waals surface area contributed by atoms with Gasteiger partial charge in [0.25, 0.3) is 0 Å². The molecule has 0 aromatic heterocycles. The fourth-order valence-electron chi connectivity index (χ4n) is 3.37. The first kappa shape index (κ1) is 10.5. The van der Waals surface area contributed by atoms with Gasteiger partial charge in [0.2, 0.25) is 0 Å². The first-order valence-electron chi connectivity index (χ1n) is 6.55. The van der Waals surface area contributed by atoms with Crippen LogP contribution in [0.2, 0.25) is 0 Å². The van der Waals surface area contributed by atoms with Crippen LogP contribution >= 0.6 is 0 Å². The van der Waals surface area contributed by atoms with Crippen LogP contribution in [0, 0.1) is 17.8 Å². The molecule has 1 saturated carbocycles. The molecule has 82 valence electrons. The molecule has 0 bridgehead atoms. The standard InChI is InChI=1S/C13H25N/c1-11-4-2-5-12(8-11)9-13-6-3-7-14-10-13/h11-14H,2-10H2,1H3. The topological polar surface area (TPSA) is 12.0 Å². The number of nitrogens with one attached hydrogen (secondary N) is 1. The summed E-state index contributed by atoms with van der Waals surface area (Å²) < 4.78 is 0. The largest absolute Gasteiger partial charge is 0.316 e. The molecule has 14 heavy (non-hydrogen) atoms. The van der Waals surface area contributed by atoms with Gasteiger partial charge in [-0.05, 0) is 56.5 Å². The van der Waals surface area contributed by atoms with Crippen molar-refractivity contribution in [2.45, 2.75) is 51.9 Å². The van der Waals surface area contributed by atoms with Crippen LogP contribution < -0.4 is 5.32 Å². The zero-order chi connectivity index (χ0) is 9.80. The zero-order valence-electron chi connectivity index (χ0n) is 9.60. The third kappa shape index (κ3) is 2.98. The van der Waals surface area contributed by atoms with E-state index in [1.165, 1.54) is 58.0 Å². The molecule has 3 atom stereocenters. The summed E-state index contributed by atoms with van der Waals surface area (Å²) in [7, 11) is 0. The zero-order valence-corrected chi connectivity index (χ0v) is 9.60.